The Balaban J connectivity index is 1.16. The lowest BCUT2D eigenvalue weighted by atomic mass is 9.61. The molecular formula is C53H52Br2N2. The van der Waals surface area contributed by atoms with Gasteiger partial charge in [-0.2, -0.15) is 0 Å². The molecule has 0 spiro atoms. The molecule has 0 saturated heterocycles. The molecule has 288 valence electrons. The van der Waals surface area contributed by atoms with Gasteiger partial charge in [0.15, 0.2) is 0 Å². The average molecular weight is 877 g/mol. The number of anilines is 3. The highest BCUT2D eigenvalue weighted by Crippen LogP contribution is 2.61. The number of benzene rings is 4. The number of rotatable bonds is 8. The molecule has 0 amide bonds. The molecule has 0 aromatic heterocycles. The van der Waals surface area contributed by atoms with Gasteiger partial charge in [0.25, 0.3) is 0 Å². The zero-order valence-corrected chi connectivity index (χ0v) is 36.7. The van der Waals surface area contributed by atoms with Crippen molar-refractivity contribution in [1.82, 2.24) is 4.90 Å². The molecule has 0 saturated carbocycles. The summed E-state index contributed by atoms with van der Waals surface area (Å²) in [5, 5.41) is 0. The fourth-order valence-electron chi connectivity index (χ4n) is 10.3. The van der Waals surface area contributed by atoms with E-state index in [1.807, 2.05) is 0 Å². The SMILES string of the molecule is CC1=CCC(N(C2C=CC(C3(c4ccc(N(c5ccc(C)cc5)c5ccc(C)cc5)cc4)c4cc(Br)ccc4C4C=CC(Br)=CC43)=CC2)C2CC=C(C)CC2)C=C1. The van der Waals surface area contributed by atoms with Crippen LogP contribution in [0.2, 0.25) is 0 Å². The van der Waals surface area contributed by atoms with Crippen molar-refractivity contribution in [3.8, 4) is 0 Å². The number of aryl methyl sites for hydroxylation is 2. The van der Waals surface area contributed by atoms with Gasteiger partial charge in [0.05, 0.1) is 5.41 Å². The number of hydrogen-bond acceptors (Lipinski definition) is 2. The lowest BCUT2D eigenvalue weighted by Crippen LogP contribution is -2.49. The lowest BCUT2D eigenvalue weighted by molar-refractivity contribution is 0.114. The Hall–Kier alpha value is -4.22. The summed E-state index contributed by atoms with van der Waals surface area (Å²) < 4.78 is 2.27. The molecule has 0 fully saturated rings. The molecule has 4 aromatic carbocycles. The van der Waals surface area contributed by atoms with Crippen molar-refractivity contribution in [2.45, 2.75) is 89.3 Å². The van der Waals surface area contributed by atoms with Gasteiger partial charge in [-0.25, -0.2) is 0 Å². The van der Waals surface area contributed by atoms with Crippen LogP contribution in [0.5, 0.6) is 0 Å². The smallest absolute Gasteiger partial charge is 0.0523 e. The minimum Gasteiger partial charge on any atom is -0.311 e. The van der Waals surface area contributed by atoms with Gasteiger partial charge in [0.2, 0.25) is 0 Å². The summed E-state index contributed by atoms with van der Waals surface area (Å²) in [6, 6.07) is 35.6. The first-order valence-corrected chi connectivity index (χ1v) is 22.3. The number of hydrogen-bond donors (Lipinski definition) is 0. The molecule has 9 rings (SSSR count). The summed E-state index contributed by atoms with van der Waals surface area (Å²) in [6.45, 7) is 8.84. The molecule has 6 unspecified atom stereocenters. The Morgan fingerprint density at radius 1 is 0.632 bits per heavy atom. The number of allylic oxidation sites excluding steroid dienone is 9. The van der Waals surface area contributed by atoms with Crippen LogP contribution in [0.4, 0.5) is 17.1 Å². The van der Waals surface area contributed by atoms with Crippen molar-refractivity contribution in [3.05, 3.63) is 205 Å². The summed E-state index contributed by atoms with van der Waals surface area (Å²) >= 11 is 7.88. The van der Waals surface area contributed by atoms with Gasteiger partial charge in [-0.05, 0) is 131 Å². The second-order valence-corrected chi connectivity index (χ2v) is 18.7. The third kappa shape index (κ3) is 7.17. The van der Waals surface area contributed by atoms with Gasteiger partial charge in [0.1, 0.15) is 0 Å². The van der Waals surface area contributed by atoms with Crippen LogP contribution in [0, 0.1) is 19.8 Å². The molecule has 2 nitrogen and oxygen atoms in total. The third-order valence-corrected chi connectivity index (χ3v) is 14.3. The van der Waals surface area contributed by atoms with Crippen LogP contribution in [0.15, 0.2) is 177 Å². The van der Waals surface area contributed by atoms with Crippen LogP contribution in [0.1, 0.15) is 79.7 Å². The van der Waals surface area contributed by atoms with Crippen molar-refractivity contribution in [2.24, 2.45) is 5.92 Å². The molecule has 0 radical (unpaired) electrons. The largest absolute Gasteiger partial charge is 0.311 e. The van der Waals surface area contributed by atoms with Gasteiger partial charge in [-0.3, -0.25) is 4.90 Å². The fourth-order valence-corrected chi connectivity index (χ4v) is 11.1. The van der Waals surface area contributed by atoms with Crippen molar-refractivity contribution >= 4 is 48.9 Å². The number of fused-ring (bicyclic) bond motifs is 3. The van der Waals surface area contributed by atoms with Crippen LogP contribution >= 0.6 is 31.9 Å². The van der Waals surface area contributed by atoms with E-state index in [1.165, 1.54) is 57.4 Å². The maximum atomic E-state index is 3.95. The average Bonchev–Trinajstić information content (AvgIpc) is 3.50. The molecule has 4 aromatic rings. The minimum atomic E-state index is -0.383. The second-order valence-electron chi connectivity index (χ2n) is 16.9. The topological polar surface area (TPSA) is 6.48 Å². The van der Waals surface area contributed by atoms with Crippen LogP contribution < -0.4 is 4.90 Å². The quantitative estimate of drug-likeness (QED) is 0.163. The Labute approximate surface area is 357 Å². The van der Waals surface area contributed by atoms with E-state index in [4.69, 9.17) is 0 Å². The van der Waals surface area contributed by atoms with Gasteiger partial charge in [-0.1, -0.05) is 157 Å². The van der Waals surface area contributed by atoms with Gasteiger partial charge >= 0.3 is 0 Å². The fraction of sp³-hybridized carbons (Fsp3) is 0.283. The first-order valence-electron chi connectivity index (χ1n) is 20.8. The van der Waals surface area contributed by atoms with E-state index < -0.39 is 0 Å². The van der Waals surface area contributed by atoms with Crippen molar-refractivity contribution in [1.29, 1.82) is 0 Å². The van der Waals surface area contributed by atoms with E-state index in [1.54, 1.807) is 0 Å². The summed E-state index contributed by atoms with van der Waals surface area (Å²) in [5.74, 6) is 0.482. The normalized spacial score (nSPS) is 26.3. The van der Waals surface area contributed by atoms with E-state index in [-0.39, 0.29) is 17.3 Å². The van der Waals surface area contributed by atoms with Crippen LogP contribution in [-0.2, 0) is 5.41 Å². The molecule has 0 N–H and O–H groups in total. The Bertz CT molecular complexity index is 2330. The summed E-state index contributed by atoms with van der Waals surface area (Å²) in [4.78, 5) is 5.24. The van der Waals surface area contributed by atoms with E-state index in [2.05, 4.69) is 221 Å². The highest BCUT2D eigenvalue weighted by molar-refractivity contribution is 9.12. The molecular weight excluding hydrogens is 824 g/mol. The first kappa shape index (κ1) is 38.3. The van der Waals surface area contributed by atoms with Gasteiger partial charge in [0, 0.05) is 56.0 Å². The van der Waals surface area contributed by atoms with Crippen LogP contribution in [0.3, 0.4) is 0 Å². The predicted octanol–water partition coefficient (Wildman–Crippen LogP) is 14.7. The highest BCUT2D eigenvalue weighted by atomic mass is 79.9. The summed E-state index contributed by atoms with van der Waals surface area (Å²) in [7, 11) is 0. The van der Waals surface area contributed by atoms with E-state index in [0.717, 1.165) is 45.3 Å². The van der Waals surface area contributed by atoms with E-state index in [0.29, 0.717) is 18.1 Å². The zero-order chi connectivity index (χ0) is 39.3. The summed E-state index contributed by atoms with van der Waals surface area (Å²) in [5.41, 5.74) is 14.0. The van der Waals surface area contributed by atoms with Crippen LogP contribution in [0.25, 0.3) is 0 Å². The van der Waals surface area contributed by atoms with E-state index in [9.17, 15) is 0 Å². The molecule has 5 aliphatic rings. The Morgan fingerprint density at radius 2 is 1.26 bits per heavy atom. The van der Waals surface area contributed by atoms with E-state index >= 15 is 0 Å². The third-order valence-electron chi connectivity index (χ3n) is 13.2. The first-order chi connectivity index (χ1) is 27.7. The van der Waals surface area contributed by atoms with Gasteiger partial charge in [-0.15, -0.1) is 0 Å². The molecule has 0 bridgehead atoms. The van der Waals surface area contributed by atoms with Crippen molar-refractivity contribution in [3.63, 3.8) is 0 Å². The van der Waals surface area contributed by atoms with Gasteiger partial charge < -0.3 is 4.90 Å². The van der Waals surface area contributed by atoms with Crippen molar-refractivity contribution in [2.75, 3.05) is 4.90 Å². The molecule has 0 aliphatic heterocycles. The van der Waals surface area contributed by atoms with Crippen LogP contribution in [-0.4, -0.2) is 23.0 Å². The Kier molecular flexibility index (Phi) is 10.7. The van der Waals surface area contributed by atoms with Crippen molar-refractivity contribution < 1.29 is 0 Å². The lowest BCUT2D eigenvalue weighted by Gasteiger charge is -2.45. The monoisotopic (exact) mass is 874 g/mol. The molecule has 6 atom stereocenters. The molecule has 57 heavy (non-hydrogen) atoms. The Morgan fingerprint density at radius 3 is 1.84 bits per heavy atom. The second kappa shape index (κ2) is 15.9. The molecule has 0 heterocycles. The highest BCUT2D eigenvalue weighted by Gasteiger charge is 2.54. The number of halogens is 2. The summed E-state index contributed by atoms with van der Waals surface area (Å²) in [6.07, 6.45) is 30.2. The molecule has 4 heteroatoms. The maximum Gasteiger partial charge on any atom is 0.0523 e. The maximum absolute atomic E-state index is 3.95. The molecule has 5 aliphatic carbocycles. The number of nitrogens with zero attached hydrogens (tertiary/aromatic N) is 2. The standard InChI is InChI=1S/C53H52Br2N2/c1-35-5-19-43(20-6-35)56(44-21-7-36(2)8-22-44)47-27-13-39(14-28-47)53(51-33-41(54)17-31-49(51)50-32-18-42(55)34-52(50)53)40-15-29-48(30-16-40)57(45-23-9-37(3)10-24-45)46-25-11-38(4)12-26-46/h5-11,13-23,27-29,31-34,45-46,48-49,51H,12,24-26,30H2,1-4H3. The minimum absolute atomic E-state index is 0.210. The predicted molar refractivity (Wildman–Crippen MR) is 248 cm³/mol. The zero-order valence-electron chi connectivity index (χ0n) is 33.5.